The van der Waals surface area contributed by atoms with Crippen molar-refractivity contribution in [1.29, 1.82) is 0 Å². The number of ether oxygens (including phenoxy) is 2. The third kappa shape index (κ3) is 4.32. The van der Waals surface area contributed by atoms with Gasteiger partial charge < -0.3 is 15.2 Å². The van der Waals surface area contributed by atoms with Crippen LogP contribution in [-0.2, 0) is 0 Å². The van der Waals surface area contributed by atoms with E-state index in [0.717, 1.165) is 11.6 Å². The molecule has 160 valence electrons. The van der Waals surface area contributed by atoms with Crippen LogP contribution in [0.3, 0.4) is 0 Å². The molecule has 4 rings (SSSR count). The van der Waals surface area contributed by atoms with Crippen LogP contribution in [0.4, 0.5) is 8.78 Å². The highest BCUT2D eigenvalue weighted by atomic mass is 32.2. The second kappa shape index (κ2) is 8.89. The fourth-order valence-corrected chi connectivity index (χ4v) is 4.61. The predicted molar refractivity (Wildman–Crippen MR) is 116 cm³/mol. The molecule has 0 spiro atoms. The molecule has 2 heterocycles. The molecule has 0 radical (unpaired) electrons. The van der Waals surface area contributed by atoms with E-state index >= 15 is 0 Å². The molecule has 0 aliphatic carbocycles. The first-order valence-electron chi connectivity index (χ1n) is 9.46. The molecule has 0 saturated heterocycles. The lowest BCUT2D eigenvalue weighted by molar-refractivity contribution is 0.354. The normalized spacial score (nSPS) is 18.4. The van der Waals surface area contributed by atoms with E-state index < -0.39 is 17.7 Å². The van der Waals surface area contributed by atoms with Crippen molar-refractivity contribution in [2.75, 3.05) is 14.2 Å². The summed E-state index contributed by atoms with van der Waals surface area (Å²) in [5.41, 5.74) is 7.98. The largest absolute Gasteiger partial charge is 0.493 e. The second-order valence-corrected chi connectivity index (χ2v) is 8.14. The maximum absolute atomic E-state index is 14.8. The van der Waals surface area contributed by atoms with Crippen LogP contribution in [-0.4, -0.2) is 29.4 Å². The van der Waals surface area contributed by atoms with E-state index in [9.17, 15) is 8.78 Å². The maximum atomic E-state index is 14.8. The number of nitrogens with two attached hydrogens (primary N) is 1. The summed E-state index contributed by atoms with van der Waals surface area (Å²) in [6.45, 7) is 0. The van der Waals surface area contributed by atoms with Gasteiger partial charge in [0.05, 0.1) is 20.3 Å². The monoisotopic (exact) mass is 442 g/mol. The smallest absolute Gasteiger partial charge is 0.161 e. The van der Waals surface area contributed by atoms with Crippen LogP contribution < -0.4 is 15.2 Å². The van der Waals surface area contributed by atoms with Gasteiger partial charge in [0.2, 0.25) is 0 Å². The lowest BCUT2D eigenvalue weighted by Crippen LogP contribution is -2.19. The summed E-state index contributed by atoms with van der Waals surface area (Å²) in [5.74, 6) is -0.144. The molecule has 31 heavy (non-hydrogen) atoms. The van der Waals surface area contributed by atoms with Crippen LogP contribution in [0.25, 0.3) is 11.1 Å². The molecule has 1 aliphatic rings. The van der Waals surface area contributed by atoms with Gasteiger partial charge in [0.1, 0.15) is 18.0 Å². The number of aromatic nitrogens is 2. The standard InChI is InChI=1S/C22H20F2N4O2S/c1-29-19-4-3-12(5-20(19)30-2)21-8-18(28-22(25)31-21)15-6-14(16(23)7-17(15)24)13-9-26-11-27-10-13/h3-7,9-11,18,21H,8H2,1-2H3,(H2,25,28). The third-order valence-corrected chi connectivity index (χ3v) is 6.18. The number of nitrogens with zero attached hydrogens (tertiary/aromatic N) is 3. The fraction of sp³-hybridized carbons (Fsp3) is 0.227. The number of halogens is 2. The van der Waals surface area contributed by atoms with E-state index in [0.29, 0.717) is 28.7 Å². The molecular formula is C22H20F2N4O2S. The van der Waals surface area contributed by atoms with E-state index in [1.54, 1.807) is 14.2 Å². The van der Waals surface area contributed by atoms with Crippen molar-refractivity contribution in [3.05, 3.63) is 71.8 Å². The number of hydrogen-bond acceptors (Lipinski definition) is 7. The number of aliphatic imine (C=N–C) groups is 1. The van der Waals surface area contributed by atoms with Gasteiger partial charge in [-0.25, -0.2) is 18.7 Å². The van der Waals surface area contributed by atoms with Crippen LogP contribution in [0, 0.1) is 11.6 Å². The first-order valence-corrected chi connectivity index (χ1v) is 10.3. The SMILES string of the molecule is COc1ccc(C2CC(c3cc(-c4cncnc4)c(F)cc3F)N=C(N)S2)cc1OC. The lowest BCUT2D eigenvalue weighted by atomic mass is 9.95. The average molecular weight is 442 g/mol. The second-order valence-electron chi connectivity index (χ2n) is 6.92. The lowest BCUT2D eigenvalue weighted by Gasteiger charge is -2.27. The summed E-state index contributed by atoms with van der Waals surface area (Å²) in [7, 11) is 3.14. The van der Waals surface area contributed by atoms with E-state index in [-0.39, 0.29) is 16.4 Å². The Balaban J connectivity index is 1.70. The molecule has 2 N–H and O–H groups in total. The van der Waals surface area contributed by atoms with Gasteiger partial charge >= 0.3 is 0 Å². The molecule has 2 unspecified atom stereocenters. The molecule has 0 amide bonds. The highest BCUT2D eigenvalue weighted by Gasteiger charge is 2.29. The quantitative estimate of drug-likeness (QED) is 0.618. The van der Waals surface area contributed by atoms with Crippen LogP contribution >= 0.6 is 11.8 Å². The van der Waals surface area contributed by atoms with Crippen molar-refractivity contribution in [3.63, 3.8) is 0 Å². The molecule has 2 aromatic carbocycles. The summed E-state index contributed by atoms with van der Waals surface area (Å²) in [6.07, 6.45) is 4.79. The van der Waals surface area contributed by atoms with Crippen molar-refractivity contribution in [2.24, 2.45) is 10.7 Å². The average Bonchev–Trinajstić information content (AvgIpc) is 2.78. The molecule has 6 nitrogen and oxygen atoms in total. The zero-order chi connectivity index (χ0) is 22.0. The molecule has 1 aromatic heterocycles. The van der Waals surface area contributed by atoms with E-state index in [4.69, 9.17) is 15.2 Å². The summed E-state index contributed by atoms with van der Waals surface area (Å²) in [4.78, 5) is 12.3. The van der Waals surface area contributed by atoms with Gasteiger partial charge in [0, 0.05) is 40.4 Å². The highest BCUT2D eigenvalue weighted by molar-refractivity contribution is 8.14. The molecule has 0 saturated carbocycles. The van der Waals surface area contributed by atoms with Gasteiger partial charge in [-0.15, -0.1) is 0 Å². The Kier molecular flexibility index (Phi) is 6.03. The molecule has 0 fully saturated rings. The van der Waals surface area contributed by atoms with E-state index in [2.05, 4.69) is 15.0 Å². The molecule has 0 bridgehead atoms. The number of methoxy groups -OCH3 is 2. The topological polar surface area (TPSA) is 82.6 Å². The van der Waals surface area contributed by atoms with Gasteiger partial charge in [-0.1, -0.05) is 17.8 Å². The summed E-state index contributed by atoms with van der Waals surface area (Å²) in [6, 6.07) is 7.38. The van der Waals surface area contributed by atoms with Crippen LogP contribution in [0.2, 0.25) is 0 Å². The Labute approximate surface area is 182 Å². The fourth-order valence-electron chi connectivity index (χ4n) is 3.57. The Morgan fingerprint density at radius 1 is 1.00 bits per heavy atom. The van der Waals surface area contributed by atoms with Crippen LogP contribution in [0.15, 0.2) is 54.0 Å². The van der Waals surface area contributed by atoms with Gasteiger partial charge in [-0.05, 0) is 30.2 Å². The Morgan fingerprint density at radius 2 is 1.74 bits per heavy atom. The molecule has 2 atom stereocenters. The van der Waals surface area contributed by atoms with Crippen molar-refractivity contribution in [3.8, 4) is 22.6 Å². The number of rotatable bonds is 5. The Hall–Kier alpha value is -3.20. The highest BCUT2D eigenvalue weighted by Crippen LogP contribution is 2.45. The van der Waals surface area contributed by atoms with Crippen molar-refractivity contribution in [2.45, 2.75) is 17.7 Å². The zero-order valence-electron chi connectivity index (χ0n) is 16.9. The van der Waals surface area contributed by atoms with Gasteiger partial charge in [0.25, 0.3) is 0 Å². The molecule has 3 aromatic rings. The summed E-state index contributed by atoms with van der Waals surface area (Å²) in [5, 5.41) is 0.250. The minimum Gasteiger partial charge on any atom is -0.493 e. The van der Waals surface area contributed by atoms with Gasteiger partial charge in [0.15, 0.2) is 16.7 Å². The van der Waals surface area contributed by atoms with Gasteiger partial charge in [-0.3, -0.25) is 4.99 Å². The number of amidine groups is 1. The summed E-state index contributed by atoms with van der Waals surface area (Å²) < 4.78 is 39.9. The van der Waals surface area contributed by atoms with E-state index in [1.807, 2.05) is 18.2 Å². The zero-order valence-corrected chi connectivity index (χ0v) is 17.7. The van der Waals surface area contributed by atoms with Crippen molar-refractivity contribution in [1.82, 2.24) is 9.97 Å². The summed E-state index contributed by atoms with van der Waals surface area (Å²) >= 11 is 1.39. The molecule has 1 aliphatic heterocycles. The van der Waals surface area contributed by atoms with Crippen LogP contribution in [0.5, 0.6) is 11.5 Å². The number of benzene rings is 2. The van der Waals surface area contributed by atoms with Crippen molar-refractivity contribution >= 4 is 16.9 Å². The van der Waals surface area contributed by atoms with E-state index in [1.165, 1.54) is 36.5 Å². The van der Waals surface area contributed by atoms with Crippen LogP contribution in [0.1, 0.15) is 28.8 Å². The first-order chi connectivity index (χ1) is 15.0. The Bertz CT molecular complexity index is 1130. The van der Waals surface area contributed by atoms with Gasteiger partial charge in [-0.2, -0.15) is 0 Å². The minimum absolute atomic E-state index is 0.0877. The minimum atomic E-state index is -0.686. The Morgan fingerprint density at radius 3 is 2.45 bits per heavy atom. The first kappa shape index (κ1) is 21.0. The third-order valence-electron chi connectivity index (χ3n) is 5.08. The number of hydrogen-bond donors (Lipinski definition) is 1. The van der Waals surface area contributed by atoms with Crippen molar-refractivity contribution < 1.29 is 18.3 Å². The maximum Gasteiger partial charge on any atom is 0.161 e. The molecular weight excluding hydrogens is 422 g/mol. The predicted octanol–water partition coefficient (Wildman–Crippen LogP) is 4.67. The number of thioether (sulfide) groups is 1. The molecule has 9 heteroatoms.